The summed E-state index contributed by atoms with van der Waals surface area (Å²) in [4.78, 5) is 0. The molecule has 1 saturated carbocycles. The van der Waals surface area contributed by atoms with Crippen molar-refractivity contribution < 1.29 is 4.74 Å². The molecular formula is C16H25ClN2O. The first-order chi connectivity index (χ1) is 9.74. The van der Waals surface area contributed by atoms with Gasteiger partial charge in [-0.1, -0.05) is 37.3 Å². The first kappa shape index (κ1) is 15.6. The molecule has 1 aliphatic rings. The van der Waals surface area contributed by atoms with Gasteiger partial charge >= 0.3 is 0 Å². The van der Waals surface area contributed by atoms with Gasteiger partial charge in [0.05, 0.1) is 7.11 Å². The van der Waals surface area contributed by atoms with Crippen LogP contribution >= 0.6 is 11.6 Å². The van der Waals surface area contributed by atoms with Gasteiger partial charge < -0.3 is 4.74 Å². The van der Waals surface area contributed by atoms with Crippen molar-refractivity contribution in [3.63, 3.8) is 0 Å². The van der Waals surface area contributed by atoms with Gasteiger partial charge in [0.2, 0.25) is 0 Å². The predicted octanol–water partition coefficient (Wildman–Crippen LogP) is 3.69. The minimum absolute atomic E-state index is 0.292. The van der Waals surface area contributed by atoms with E-state index in [0.29, 0.717) is 12.0 Å². The van der Waals surface area contributed by atoms with E-state index in [9.17, 15) is 0 Å². The van der Waals surface area contributed by atoms with Crippen molar-refractivity contribution >= 4 is 11.6 Å². The number of nitrogens with two attached hydrogens (primary N) is 1. The molecule has 0 heterocycles. The largest absolute Gasteiger partial charge is 0.496 e. The maximum Gasteiger partial charge on any atom is 0.122 e. The lowest BCUT2D eigenvalue weighted by Gasteiger charge is -2.26. The van der Waals surface area contributed by atoms with Crippen LogP contribution in [0.1, 0.15) is 44.1 Å². The Morgan fingerprint density at radius 2 is 2.00 bits per heavy atom. The van der Waals surface area contributed by atoms with E-state index in [4.69, 9.17) is 22.2 Å². The average Bonchev–Trinajstić information content (AvgIpc) is 2.74. The molecule has 1 aromatic rings. The van der Waals surface area contributed by atoms with Crippen LogP contribution in [0, 0.1) is 5.92 Å². The molecule has 0 bridgehead atoms. The van der Waals surface area contributed by atoms with Gasteiger partial charge in [0.1, 0.15) is 5.75 Å². The minimum Gasteiger partial charge on any atom is -0.496 e. The van der Waals surface area contributed by atoms with Crippen molar-refractivity contribution in [1.82, 2.24) is 5.43 Å². The van der Waals surface area contributed by atoms with Crippen LogP contribution in [0.3, 0.4) is 0 Å². The second-order valence-corrected chi connectivity index (χ2v) is 6.12. The monoisotopic (exact) mass is 296 g/mol. The van der Waals surface area contributed by atoms with Crippen LogP contribution in [0.2, 0.25) is 5.02 Å². The van der Waals surface area contributed by atoms with Gasteiger partial charge in [-0.3, -0.25) is 11.3 Å². The molecule has 1 atom stereocenters. The SMILES string of the molecule is COc1ccc(Cl)cc1CC(NN)C1CCCCCC1. The zero-order valence-electron chi connectivity index (χ0n) is 12.2. The Labute approximate surface area is 126 Å². The molecule has 0 aromatic heterocycles. The Bertz CT molecular complexity index is 417. The number of ether oxygens (including phenoxy) is 1. The molecule has 0 spiro atoms. The van der Waals surface area contributed by atoms with E-state index in [1.165, 1.54) is 38.5 Å². The Morgan fingerprint density at radius 3 is 2.60 bits per heavy atom. The van der Waals surface area contributed by atoms with Crippen molar-refractivity contribution in [2.75, 3.05) is 7.11 Å². The van der Waals surface area contributed by atoms with E-state index < -0.39 is 0 Å². The summed E-state index contributed by atoms with van der Waals surface area (Å²) in [5.74, 6) is 7.34. The van der Waals surface area contributed by atoms with Crippen molar-refractivity contribution in [1.29, 1.82) is 0 Å². The van der Waals surface area contributed by atoms with Gasteiger partial charge in [-0.25, -0.2) is 0 Å². The Kier molecular flexibility index (Phi) is 6.14. The van der Waals surface area contributed by atoms with E-state index in [1.54, 1.807) is 7.11 Å². The highest BCUT2D eigenvalue weighted by Crippen LogP contribution is 2.30. The zero-order chi connectivity index (χ0) is 14.4. The van der Waals surface area contributed by atoms with E-state index in [2.05, 4.69) is 5.43 Å². The van der Waals surface area contributed by atoms with Gasteiger partial charge in [-0.15, -0.1) is 0 Å². The molecule has 1 fully saturated rings. The summed E-state index contributed by atoms with van der Waals surface area (Å²) in [6, 6.07) is 6.07. The number of hydrogen-bond donors (Lipinski definition) is 2. The quantitative estimate of drug-likeness (QED) is 0.495. The highest BCUT2D eigenvalue weighted by Gasteiger charge is 2.23. The highest BCUT2D eigenvalue weighted by molar-refractivity contribution is 6.30. The molecule has 0 amide bonds. The molecule has 2 rings (SSSR count). The molecule has 1 unspecified atom stereocenters. The molecule has 1 aromatic carbocycles. The van der Waals surface area contributed by atoms with Gasteiger partial charge in [-0.05, 0) is 48.9 Å². The molecule has 4 heteroatoms. The summed E-state index contributed by atoms with van der Waals surface area (Å²) in [5.41, 5.74) is 4.15. The molecule has 0 saturated heterocycles. The Balaban J connectivity index is 2.10. The van der Waals surface area contributed by atoms with Crippen molar-refractivity contribution in [2.24, 2.45) is 11.8 Å². The zero-order valence-corrected chi connectivity index (χ0v) is 13.0. The van der Waals surface area contributed by atoms with Gasteiger partial charge in [0.25, 0.3) is 0 Å². The van der Waals surface area contributed by atoms with Crippen LogP contribution in [0.25, 0.3) is 0 Å². The summed E-state index contributed by atoms with van der Waals surface area (Å²) < 4.78 is 5.43. The lowest BCUT2D eigenvalue weighted by molar-refractivity contribution is 0.316. The van der Waals surface area contributed by atoms with Gasteiger partial charge in [0.15, 0.2) is 0 Å². The first-order valence-corrected chi connectivity index (χ1v) is 7.91. The van der Waals surface area contributed by atoms with Crippen LogP contribution in [-0.4, -0.2) is 13.2 Å². The van der Waals surface area contributed by atoms with Gasteiger partial charge in [-0.2, -0.15) is 0 Å². The molecule has 3 N–H and O–H groups in total. The van der Waals surface area contributed by atoms with Crippen LogP contribution in [0.4, 0.5) is 0 Å². The van der Waals surface area contributed by atoms with E-state index in [-0.39, 0.29) is 0 Å². The minimum atomic E-state index is 0.292. The Morgan fingerprint density at radius 1 is 1.30 bits per heavy atom. The fourth-order valence-electron chi connectivity index (χ4n) is 3.22. The highest BCUT2D eigenvalue weighted by atomic mass is 35.5. The lowest BCUT2D eigenvalue weighted by Crippen LogP contribution is -2.42. The maximum atomic E-state index is 6.11. The number of methoxy groups -OCH3 is 1. The number of hydrogen-bond acceptors (Lipinski definition) is 3. The topological polar surface area (TPSA) is 47.3 Å². The molecule has 0 aliphatic heterocycles. The van der Waals surface area contributed by atoms with Crippen molar-refractivity contribution in [3.8, 4) is 5.75 Å². The number of rotatable bonds is 5. The second-order valence-electron chi connectivity index (χ2n) is 5.69. The summed E-state index contributed by atoms with van der Waals surface area (Å²) >= 11 is 6.11. The third-order valence-electron chi connectivity index (χ3n) is 4.37. The number of benzene rings is 1. The van der Waals surface area contributed by atoms with E-state index in [1.807, 2.05) is 18.2 Å². The smallest absolute Gasteiger partial charge is 0.122 e. The van der Waals surface area contributed by atoms with Crippen LogP contribution < -0.4 is 16.0 Å². The number of hydrazine groups is 1. The van der Waals surface area contributed by atoms with Crippen LogP contribution in [0.5, 0.6) is 5.75 Å². The standard InChI is InChI=1S/C16H25ClN2O/c1-20-16-9-8-14(17)10-13(16)11-15(19-18)12-6-4-2-3-5-7-12/h8-10,12,15,19H,2-7,11,18H2,1H3. The Hall–Kier alpha value is -0.770. The molecule has 112 valence electrons. The first-order valence-electron chi connectivity index (χ1n) is 7.53. The summed E-state index contributed by atoms with van der Waals surface area (Å²) in [6.45, 7) is 0. The fraction of sp³-hybridized carbons (Fsp3) is 0.625. The van der Waals surface area contributed by atoms with Crippen LogP contribution in [0.15, 0.2) is 18.2 Å². The summed E-state index contributed by atoms with van der Waals surface area (Å²) in [6.07, 6.45) is 8.73. The van der Waals surface area contributed by atoms with Crippen LogP contribution in [-0.2, 0) is 6.42 Å². The third-order valence-corrected chi connectivity index (χ3v) is 4.60. The maximum absolute atomic E-state index is 6.11. The normalized spacial score (nSPS) is 18.6. The number of halogens is 1. The summed E-state index contributed by atoms with van der Waals surface area (Å²) in [5, 5.41) is 0.748. The second kappa shape index (κ2) is 7.87. The van der Waals surface area contributed by atoms with Gasteiger partial charge in [0, 0.05) is 11.1 Å². The van der Waals surface area contributed by atoms with E-state index >= 15 is 0 Å². The fourth-order valence-corrected chi connectivity index (χ4v) is 3.41. The summed E-state index contributed by atoms with van der Waals surface area (Å²) in [7, 11) is 1.70. The van der Waals surface area contributed by atoms with Crippen molar-refractivity contribution in [2.45, 2.75) is 51.0 Å². The molecule has 20 heavy (non-hydrogen) atoms. The molecule has 0 radical (unpaired) electrons. The van der Waals surface area contributed by atoms with Crippen molar-refractivity contribution in [3.05, 3.63) is 28.8 Å². The molecular weight excluding hydrogens is 272 g/mol. The predicted molar refractivity (Wildman–Crippen MR) is 84.0 cm³/mol. The average molecular weight is 297 g/mol. The lowest BCUT2D eigenvalue weighted by atomic mass is 9.88. The molecule has 1 aliphatic carbocycles. The van der Waals surface area contributed by atoms with E-state index in [0.717, 1.165) is 22.8 Å². The third kappa shape index (κ3) is 4.11. The molecule has 3 nitrogen and oxygen atoms in total. The number of nitrogens with one attached hydrogen (secondary N) is 1.